The Bertz CT molecular complexity index is 792. The van der Waals surface area contributed by atoms with Gasteiger partial charge in [0.2, 0.25) is 5.91 Å². The van der Waals surface area contributed by atoms with Crippen LogP contribution in [0.15, 0.2) is 58.8 Å². The predicted molar refractivity (Wildman–Crippen MR) is 90.3 cm³/mol. The normalized spacial score (nSPS) is 13.9. The monoisotopic (exact) mass is 328 g/mol. The summed E-state index contributed by atoms with van der Waals surface area (Å²) in [4.78, 5) is 29.5. The summed E-state index contributed by atoms with van der Waals surface area (Å²) in [6.45, 7) is 0. The first-order valence-electron chi connectivity index (χ1n) is 6.92. The Morgan fingerprint density at radius 2 is 1.96 bits per heavy atom. The molecule has 0 fully saturated rings. The maximum Gasteiger partial charge on any atom is 0.239 e. The second-order valence-electron chi connectivity index (χ2n) is 5.01. The van der Waals surface area contributed by atoms with Gasteiger partial charge in [-0.2, -0.15) is 0 Å². The Hall–Kier alpha value is -2.73. The van der Waals surface area contributed by atoms with E-state index < -0.39 is 0 Å². The molecular weight excluding hydrogens is 316 g/mol. The van der Waals surface area contributed by atoms with Crippen molar-refractivity contribution in [3.63, 3.8) is 0 Å². The quantitative estimate of drug-likeness (QED) is 0.617. The number of amides is 1. The first-order chi connectivity index (χ1) is 11.1. The summed E-state index contributed by atoms with van der Waals surface area (Å²) < 4.78 is 0. The summed E-state index contributed by atoms with van der Waals surface area (Å²) in [5, 5.41) is 4.39. The zero-order valence-electron chi connectivity index (χ0n) is 12.3. The lowest BCUT2D eigenvalue weighted by molar-refractivity contribution is -0.116. The van der Waals surface area contributed by atoms with Crippen LogP contribution in [0.4, 0.5) is 17.1 Å². The van der Waals surface area contributed by atoms with Crippen LogP contribution in [0.2, 0.25) is 5.02 Å². The van der Waals surface area contributed by atoms with Gasteiger partial charge in [0.1, 0.15) is 5.84 Å². The molecule has 3 rings (SSSR count). The lowest BCUT2D eigenvalue weighted by Gasteiger charge is -2.22. The number of fused-ring (bicyclic) bond motifs is 1. The number of hydrogen-bond donors (Lipinski definition) is 0. The van der Waals surface area contributed by atoms with Gasteiger partial charge in [0, 0.05) is 17.8 Å². The zero-order valence-corrected chi connectivity index (χ0v) is 13.1. The fraction of sp³-hybridized carbons (Fsp3) is 0.125. The van der Waals surface area contributed by atoms with E-state index in [1.54, 1.807) is 23.1 Å². The standard InChI is InChI=1S/C16H13ClN4O2/c1-20(19-23)15-10-16(22)21(12-5-3-2-4-6-12)14-9-11(17)7-8-13(14)18-15/h2-9H,10H2,1H3. The molecule has 6 nitrogen and oxygen atoms in total. The number of benzene rings is 2. The number of carbonyl (C=O) groups excluding carboxylic acids is 1. The minimum atomic E-state index is -0.216. The van der Waals surface area contributed by atoms with Crippen molar-refractivity contribution < 1.29 is 4.79 Å². The molecule has 0 aromatic heterocycles. The Balaban J connectivity index is 2.18. The van der Waals surface area contributed by atoms with E-state index in [1.165, 1.54) is 7.05 Å². The van der Waals surface area contributed by atoms with Crippen LogP contribution in [-0.2, 0) is 4.79 Å². The van der Waals surface area contributed by atoms with Gasteiger partial charge < -0.3 is 0 Å². The molecule has 2 aromatic rings. The molecule has 0 saturated carbocycles. The lowest BCUT2D eigenvalue weighted by Crippen LogP contribution is -2.30. The molecule has 0 aliphatic carbocycles. The van der Waals surface area contributed by atoms with E-state index in [-0.39, 0.29) is 18.2 Å². The molecule has 0 unspecified atom stereocenters. The second-order valence-corrected chi connectivity index (χ2v) is 5.44. The maximum atomic E-state index is 12.8. The third kappa shape index (κ3) is 2.93. The third-order valence-electron chi connectivity index (χ3n) is 3.50. The van der Waals surface area contributed by atoms with E-state index in [2.05, 4.69) is 10.3 Å². The van der Waals surface area contributed by atoms with Gasteiger partial charge in [-0.15, -0.1) is 4.91 Å². The number of hydrogen-bond acceptors (Lipinski definition) is 4. The Morgan fingerprint density at radius 3 is 2.65 bits per heavy atom. The highest BCUT2D eigenvalue weighted by Crippen LogP contribution is 2.38. The topological polar surface area (TPSA) is 65.3 Å². The maximum absolute atomic E-state index is 12.8. The molecule has 0 saturated heterocycles. The molecule has 2 aromatic carbocycles. The molecule has 1 aliphatic heterocycles. The van der Waals surface area contributed by atoms with E-state index in [1.807, 2.05) is 30.3 Å². The van der Waals surface area contributed by atoms with E-state index in [4.69, 9.17) is 11.6 Å². The second kappa shape index (κ2) is 6.18. The van der Waals surface area contributed by atoms with Gasteiger partial charge in [-0.25, -0.2) is 10.0 Å². The van der Waals surface area contributed by atoms with Crippen LogP contribution in [0.1, 0.15) is 6.42 Å². The number of rotatable bonds is 2. The van der Waals surface area contributed by atoms with Gasteiger partial charge in [0.05, 0.1) is 23.1 Å². The molecule has 23 heavy (non-hydrogen) atoms. The van der Waals surface area contributed by atoms with Crippen molar-refractivity contribution in [3.8, 4) is 0 Å². The van der Waals surface area contributed by atoms with Crippen molar-refractivity contribution >= 4 is 40.4 Å². The van der Waals surface area contributed by atoms with Crippen molar-refractivity contribution in [1.82, 2.24) is 5.01 Å². The number of nitroso groups, excluding NO2 is 1. The molecule has 0 spiro atoms. The minimum absolute atomic E-state index is 0.0383. The highest BCUT2D eigenvalue weighted by molar-refractivity contribution is 6.31. The number of para-hydroxylation sites is 1. The summed E-state index contributed by atoms with van der Waals surface area (Å²) in [7, 11) is 1.47. The van der Waals surface area contributed by atoms with Crippen LogP contribution in [0, 0.1) is 4.91 Å². The summed E-state index contributed by atoms with van der Waals surface area (Å²) in [5.41, 5.74) is 1.83. The molecule has 0 radical (unpaired) electrons. The van der Waals surface area contributed by atoms with Gasteiger partial charge in [-0.05, 0) is 30.3 Å². The lowest BCUT2D eigenvalue weighted by atomic mass is 10.2. The molecule has 0 N–H and O–H groups in total. The molecule has 1 amide bonds. The Kier molecular flexibility index (Phi) is 4.08. The van der Waals surface area contributed by atoms with Crippen LogP contribution in [0.3, 0.4) is 0 Å². The number of halogens is 1. The van der Waals surface area contributed by atoms with Crippen LogP contribution in [0.25, 0.3) is 0 Å². The molecule has 1 aliphatic rings. The molecule has 0 atom stereocenters. The summed E-state index contributed by atoms with van der Waals surface area (Å²) in [5.74, 6) is 0.0680. The van der Waals surface area contributed by atoms with Crippen molar-refractivity contribution in [3.05, 3.63) is 58.5 Å². The van der Waals surface area contributed by atoms with Gasteiger partial charge >= 0.3 is 0 Å². The molecule has 7 heteroatoms. The van der Waals surface area contributed by atoms with Gasteiger partial charge in [0.15, 0.2) is 0 Å². The smallest absolute Gasteiger partial charge is 0.239 e. The molecular formula is C16H13ClN4O2. The van der Waals surface area contributed by atoms with Crippen LogP contribution in [-0.4, -0.2) is 23.8 Å². The SMILES string of the molecule is CN(N=O)C1=Nc2ccc(Cl)cc2N(c2ccccc2)C(=O)C1. The largest absolute Gasteiger partial charge is 0.278 e. The number of anilines is 2. The van der Waals surface area contributed by atoms with Crippen molar-refractivity contribution in [2.75, 3.05) is 11.9 Å². The average Bonchev–Trinajstić information content (AvgIpc) is 2.70. The minimum Gasteiger partial charge on any atom is -0.278 e. The molecule has 1 heterocycles. The summed E-state index contributed by atoms with van der Waals surface area (Å²) in [6.07, 6.45) is -0.0383. The van der Waals surface area contributed by atoms with E-state index in [0.717, 1.165) is 5.01 Å². The van der Waals surface area contributed by atoms with Gasteiger partial charge in [-0.1, -0.05) is 29.8 Å². The Labute approximate surface area is 137 Å². The van der Waals surface area contributed by atoms with Gasteiger partial charge in [0.25, 0.3) is 0 Å². The van der Waals surface area contributed by atoms with E-state index in [0.29, 0.717) is 22.1 Å². The van der Waals surface area contributed by atoms with Crippen LogP contribution >= 0.6 is 11.6 Å². The van der Waals surface area contributed by atoms with Crippen LogP contribution < -0.4 is 4.90 Å². The highest BCUT2D eigenvalue weighted by atomic mass is 35.5. The third-order valence-corrected chi connectivity index (χ3v) is 3.73. The number of carbonyl (C=O) groups is 1. The molecule has 0 bridgehead atoms. The fourth-order valence-electron chi connectivity index (χ4n) is 2.39. The van der Waals surface area contributed by atoms with Gasteiger partial charge in [-0.3, -0.25) is 9.69 Å². The summed E-state index contributed by atoms with van der Waals surface area (Å²) in [6, 6.07) is 14.3. The van der Waals surface area contributed by atoms with Crippen molar-refractivity contribution in [2.45, 2.75) is 6.42 Å². The number of aliphatic imine (C=N–C) groups is 1. The predicted octanol–water partition coefficient (Wildman–Crippen LogP) is 4.05. The van der Waals surface area contributed by atoms with Crippen molar-refractivity contribution in [1.29, 1.82) is 0 Å². The number of nitrogens with zero attached hydrogens (tertiary/aromatic N) is 4. The van der Waals surface area contributed by atoms with Crippen molar-refractivity contribution in [2.24, 2.45) is 10.3 Å². The van der Waals surface area contributed by atoms with Crippen LogP contribution in [0.5, 0.6) is 0 Å². The highest BCUT2D eigenvalue weighted by Gasteiger charge is 2.27. The zero-order chi connectivity index (χ0) is 16.4. The van der Waals surface area contributed by atoms with E-state index in [9.17, 15) is 9.70 Å². The molecule has 116 valence electrons. The summed E-state index contributed by atoms with van der Waals surface area (Å²) >= 11 is 6.09. The Morgan fingerprint density at radius 1 is 1.22 bits per heavy atom. The first-order valence-corrected chi connectivity index (χ1v) is 7.30. The van der Waals surface area contributed by atoms with E-state index >= 15 is 0 Å². The number of amidine groups is 1. The average molecular weight is 329 g/mol. The fourth-order valence-corrected chi connectivity index (χ4v) is 2.56. The first kappa shape index (κ1) is 15.2.